The lowest BCUT2D eigenvalue weighted by atomic mass is 9.95. The number of ether oxygens (including phenoxy) is 1. The van der Waals surface area contributed by atoms with Gasteiger partial charge in [0.25, 0.3) is 0 Å². The maximum atomic E-state index is 12.8. The minimum Gasteiger partial charge on any atom is -0.406 e. The standard InChI is InChI=1S/C21H18ClF3N2O3/c22-18-4-2-1-3-17(18)19(28)10-13-9-15-12-27(20(29)26(15)11-13)14-5-7-16(8-6-14)30-21(23,24)25/h1-8,13,15H,9-12H2/t13-,15-/m0/s1. The molecule has 2 aliphatic heterocycles. The number of nitrogens with zero attached hydrogens (tertiary/aromatic N) is 2. The van der Waals surface area contributed by atoms with Crippen molar-refractivity contribution in [3.05, 3.63) is 59.1 Å². The van der Waals surface area contributed by atoms with Crippen LogP contribution in [-0.2, 0) is 0 Å². The average Bonchev–Trinajstić information content (AvgIpc) is 3.20. The molecule has 0 spiro atoms. The third-order valence-electron chi connectivity index (χ3n) is 5.40. The quantitative estimate of drug-likeness (QED) is 0.607. The molecule has 158 valence electrons. The van der Waals surface area contributed by atoms with Gasteiger partial charge in [0.05, 0.1) is 11.1 Å². The minimum atomic E-state index is -4.76. The van der Waals surface area contributed by atoms with Gasteiger partial charge in [-0.2, -0.15) is 0 Å². The van der Waals surface area contributed by atoms with Crippen molar-refractivity contribution in [2.45, 2.75) is 25.2 Å². The van der Waals surface area contributed by atoms with Crippen LogP contribution in [0.5, 0.6) is 5.75 Å². The maximum Gasteiger partial charge on any atom is 0.573 e. The summed E-state index contributed by atoms with van der Waals surface area (Å²) < 4.78 is 40.7. The number of amides is 2. The monoisotopic (exact) mass is 438 g/mol. The lowest BCUT2D eigenvalue weighted by Gasteiger charge is -2.19. The molecule has 4 rings (SSSR count). The molecule has 0 saturated carbocycles. The molecule has 9 heteroatoms. The summed E-state index contributed by atoms with van der Waals surface area (Å²) in [5, 5.41) is 0.418. The number of hydrogen-bond donors (Lipinski definition) is 0. The summed E-state index contributed by atoms with van der Waals surface area (Å²) in [6.07, 6.45) is -3.76. The van der Waals surface area contributed by atoms with E-state index in [1.54, 1.807) is 29.2 Å². The molecule has 5 nitrogen and oxygen atoms in total. The number of hydrogen-bond acceptors (Lipinski definition) is 3. The normalized spacial score (nSPS) is 21.1. The Balaban J connectivity index is 1.37. The van der Waals surface area contributed by atoms with Gasteiger partial charge in [-0.05, 0) is 48.7 Å². The summed E-state index contributed by atoms with van der Waals surface area (Å²) in [5.41, 5.74) is 0.993. The van der Waals surface area contributed by atoms with Crippen LogP contribution >= 0.6 is 11.6 Å². The molecule has 2 aromatic rings. The van der Waals surface area contributed by atoms with E-state index in [-0.39, 0.29) is 29.5 Å². The van der Waals surface area contributed by atoms with Crippen molar-refractivity contribution in [2.24, 2.45) is 5.92 Å². The van der Waals surface area contributed by atoms with E-state index < -0.39 is 6.36 Å². The number of urea groups is 1. The molecule has 0 N–H and O–H groups in total. The van der Waals surface area contributed by atoms with Crippen molar-refractivity contribution in [3.63, 3.8) is 0 Å². The fourth-order valence-corrected chi connectivity index (χ4v) is 4.36. The van der Waals surface area contributed by atoms with Crippen LogP contribution < -0.4 is 9.64 Å². The summed E-state index contributed by atoms with van der Waals surface area (Å²) >= 11 is 6.09. The van der Waals surface area contributed by atoms with Crippen molar-refractivity contribution in [1.82, 2.24) is 4.90 Å². The first-order valence-corrected chi connectivity index (χ1v) is 9.81. The molecule has 2 atom stereocenters. The number of ketones is 1. The molecule has 30 heavy (non-hydrogen) atoms. The highest BCUT2D eigenvalue weighted by Crippen LogP contribution is 2.36. The molecule has 0 bridgehead atoms. The van der Waals surface area contributed by atoms with Crippen LogP contribution in [0.25, 0.3) is 0 Å². The van der Waals surface area contributed by atoms with Crippen molar-refractivity contribution < 1.29 is 27.5 Å². The Hall–Kier alpha value is -2.74. The van der Waals surface area contributed by atoms with Crippen LogP contribution in [0, 0.1) is 5.92 Å². The van der Waals surface area contributed by atoms with Crippen molar-refractivity contribution in [3.8, 4) is 5.75 Å². The van der Waals surface area contributed by atoms with Crippen LogP contribution in [0.4, 0.5) is 23.7 Å². The Kier molecular flexibility index (Phi) is 5.36. The molecule has 0 radical (unpaired) electrons. The molecule has 2 fully saturated rings. The van der Waals surface area contributed by atoms with E-state index in [0.717, 1.165) is 0 Å². The first-order valence-electron chi connectivity index (χ1n) is 9.43. The number of anilines is 1. The zero-order valence-electron chi connectivity index (χ0n) is 15.7. The second-order valence-corrected chi connectivity index (χ2v) is 7.86. The lowest BCUT2D eigenvalue weighted by molar-refractivity contribution is -0.274. The second-order valence-electron chi connectivity index (χ2n) is 7.45. The molecule has 2 aromatic carbocycles. The maximum absolute atomic E-state index is 12.8. The number of Topliss-reactive ketones (excluding diaryl/α,β-unsaturated/α-hetero) is 1. The molecule has 0 aromatic heterocycles. The van der Waals surface area contributed by atoms with Crippen LogP contribution in [0.2, 0.25) is 5.02 Å². The number of halogens is 4. The fraction of sp³-hybridized carbons (Fsp3) is 0.333. The van der Waals surface area contributed by atoms with Gasteiger partial charge in [-0.25, -0.2) is 4.79 Å². The zero-order chi connectivity index (χ0) is 21.5. The third-order valence-corrected chi connectivity index (χ3v) is 5.73. The van der Waals surface area contributed by atoms with Gasteiger partial charge >= 0.3 is 12.4 Å². The van der Waals surface area contributed by atoms with Crippen LogP contribution in [0.3, 0.4) is 0 Å². The number of fused-ring (bicyclic) bond motifs is 1. The molecule has 2 aliphatic rings. The van der Waals surface area contributed by atoms with Gasteiger partial charge in [0.1, 0.15) is 5.75 Å². The van der Waals surface area contributed by atoms with Gasteiger partial charge in [-0.15, -0.1) is 13.2 Å². The largest absolute Gasteiger partial charge is 0.573 e. The lowest BCUT2D eigenvalue weighted by Crippen LogP contribution is -2.33. The molecule has 2 saturated heterocycles. The number of alkyl halides is 3. The van der Waals surface area contributed by atoms with E-state index in [1.165, 1.54) is 29.2 Å². The van der Waals surface area contributed by atoms with E-state index in [0.29, 0.717) is 42.2 Å². The van der Waals surface area contributed by atoms with Gasteiger partial charge in [-0.3, -0.25) is 9.69 Å². The summed E-state index contributed by atoms with van der Waals surface area (Å²) in [4.78, 5) is 28.6. The highest BCUT2D eigenvalue weighted by Gasteiger charge is 2.45. The molecule has 2 amide bonds. The van der Waals surface area contributed by atoms with E-state index in [2.05, 4.69) is 4.74 Å². The van der Waals surface area contributed by atoms with Crippen LogP contribution in [0.1, 0.15) is 23.2 Å². The Morgan fingerprint density at radius 1 is 1.10 bits per heavy atom. The van der Waals surface area contributed by atoms with Crippen LogP contribution in [-0.4, -0.2) is 42.2 Å². The minimum absolute atomic E-state index is 0.0346. The Morgan fingerprint density at radius 2 is 1.80 bits per heavy atom. The van der Waals surface area contributed by atoms with Gasteiger partial charge in [0.15, 0.2) is 5.78 Å². The van der Waals surface area contributed by atoms with Crippen molar-refractivity contribution >= 4 is 29.1 Å². The fourth-order valence-electron chi connectivity index (χ4n) is 4.12. The number of carbonyl (C=O) groups excluding carboxylic acids is 2. The summed E-state index contributed by atoms with van der Waals surface area (Å²) in [7, 11) is 0. The summed E-state index contributed by atoms with van der Waals surface area (Å²) in [6.45, 7) is 0.889. The first-order chi connectivity index (χ1) is 14.2. The van der Waals surface area contributed by atoms with E-state index in [4.69, 9.17) is 11.6 Å². The number of benzene rings is 2. The summed E-state index contributed by atoms with van der Waals surface area (Å²) in [6, 6.07) is 11.9. The Morgan fingerprint density at radius 3 is 2.43 bits per heavy atom. The number of carbonyl (C=O) groups is 2. The van der Waals surface area contributed by atoms with Gasteiger partial charge in [0, 0.05) is 30.8 Å². The molecular formula is C21H18ClF3N2O3. The van der Waals surface area contributed by atoms with E-state index in [1.807, 2.05) is 0 Å². The van der Waals surface area contributed by atoms with E-state index in [9.17, 15) is 22.8 Å². The Bertz CT molecular complexity index is 965. The van der Waals surface area contributed by atoms with Crippen molar-refractivity contribution in [1.29, 1.82) is 0 Å². The predicted octanol–water partition coefficient (Wildman–Crippen LogP) is 5.14. The highest BCUT2D eigenvalue weighted by molar-refractivity contribution is 6.33. The third kappa shape index (κ3) is 4.23. The van der Waals surface area contributed by atoms with Crippen LogP contribution in [0.15, 0.2) is 48.5 Å². The zero-order valence-corrected chi connectivity index (χ0v) is 16.5. The summed E-state index contributed by atoms with van der Waals surface area (Å²) in [5.74, 6) is -0.333. The van der Waals surface area contributed by atoms with Gasteiger partial charge in [0.2, 0.25) is 0 Å². The first kappa shape index (κ1) is 20.5. The average molecular weight is 439 g/mol. The highest BCUT2D eigenvalue weighted by atomic mass is 35.5. The van der Waals surface area contributed by atoms with Gasteiger partial charge in [-0.1, -0.05) is 23.7 Å². The number of rotatable bonds is 5. The second kappa shape index (κ2) is 7.83. The predicted molar refractivity (Wildman–Crippen MR) is 105 cm³/mol. The molecular weight excluding hydrogens is 421 g/mol. The van der Waals surface area contributed by atoms with Crippen molar-refractivity contribution in [2.75, 3.05) is 18.0 Å². The SMILES string of the molecule is O=C(C[C@@H]1C[C@H]2CN(c3ccc(OC(F)(F)F)cc3)C(=O)N2C1)c1ccccc1Cl. The molecule has 0 aliphatic carbocycles. The van der Waals surface area contributed by atoms with E-state index >= 15 is 0 Å². The molecule has 0 unspecified atom stereocenters. The Labute approximate surface area is 176 Å². The topological polar surface area (TPSA) is 49.9 Å². The van der Waals surface area contributed by atoms with Gasteiger partial charge < -0.3 is 9.64 Å². The molecule has 2 heterocycles. The smallest absolute Gasteiger partial charge is 0.406 e.